The molecule has 0 radical (unpaired) electrons. The van der Waals surface area contributed by atoms with Crippen LogP contribution in [0.25, 0.3) is 0 Å². The van der Waals surface area contributed by atoms with Gasteiger partial charge in [0, 0.05) is 12.8 Å². The molecule has 74 valence electrons. The molecule has 3 heteroatoms. The highest BCUT2D eigenvalue weighted by Crippen LogP contribution is 2.37. The van der Waals surface area contributed by atoms with Crippen LogP contribution in [-0.4, -0.2) is 18.5 Å². The van der Waals surface area contributed by atoms with Crippen molar-refractivity contribution < 1.29 is 9.47 Å². The first-order valence-electron chi connectivity index (χ1n) is 4.93. The Balaban J connectivity index is 1.94. The van der Waals surface area contributed by atoms with Crippen molar-refractivity contribution in [3.8, 4) is 0 Å². The van der Waals surface area contributed by atoms with Crippen LogP contribution in [0.15, 0.2) is 10.2 Å². The van der Waals surface area contributed by atoms with Crippen LogP contribution in [0.4, 0.5) is 0 Å². The third kappa shape index (κ3) is 2.25. The Morgan fingerprint density at radius 1 is 1.23 bits per heavy atom. The standard InChI is InChI=1S/C10H15IO2/c11-7-4-9-8-12-10(13-9)5-2-1-3-6-10/h4,7,9H,1-3,5-6,8H2/b7-4-/t9-/m0/s1. The Morgan fingerprint density at radius 2 is 2.00 bits per heavy atom. The van der Waals surface area contributed by atoms with Crippen LogP contribution >= 0.6 is 22.6 Å². The van der Waals surface area contributed by atoms with Gasteiger partial charge in [-0.15, -0.1) is 0 Å². The lowest BCUT2D eigenvalue weighted by molar-refractivity contribution is -0.182. The SMILES string of the molecule is I/C=C\[C@H]1COC2(CCCCC2)O1. The maximum Gasteiger partial charge on any atom is 0.169 e. The first-order valence-corrected chi connectivity index (χ1v) is 6.18. The van der Waals surface area contributed by atoms with Crippen molar-refractivity contribution >= 4 is 22.6 Å². The number of hydrogen-bond donors (Lipinski definition) is 0. The smallest absolute Gasteiger partial charge is 0.169 e. The molecule has 0 aromatic carbocycles. The number of rotatable bonds is 1. The monoisotopic (exact) mass is 294 g/mol. The van der Waals surface area contributed by atoms with Gasteiger partial charge < -0.3 is 9.47 Å². The van der Waals surface area contributed by atoms with Crippen molar-refractivity contribution in [2.75, 3.05) is 6.61 Å². The Labute approximate surface area is 92.8 Å². The summed E-state index contributed by atoms with van der Waals surface area (Å²) in [4.78, 5) is 0. The topological polar surface area (TPSA) is 18.5 Å². The molecule has 2 aliphatic rings. The molecule has 1 saturated carbocycles. The molecule has 2 rings (SSSR count). The summed E-state index contributed by atoms with van der Waals surface area (Å²) in [5.74, 6) is -0.209. The zero-order valence-electron chi connectivity index (χ0n) is 7.67. The minimum atomic E-state index is -0.209. The molecule has 2 fully saturated rings. The molecule has 1 spiro atoms. The first-order chi connectivity index (χ1) is 6.35. The molecule has 0 aromatic rings. The average Bonchev–Trinajstić information content (AvgIpc) is 2.51. The van der Waals surface area contributed by atoms with E-state index in [-0.39, 0.29) is 11.9 Å². The third-order valence-electron chi connectivity index (χ3n) is 2.78. The van der Waals surface area contributed by atoms with Gasteiger partial charge in [-0.25, -0.2) is 0 Å². The number of ether oxygens (including phenoxy) is 2. The zero-order valence-corrected chi connectivity index (χ0v) is 9.83. The molecular formula is C10H15IO2. The third-order valence-corrected chi connectivity index (χ3v) is 3.19. The van der Waals surface area contributed by atoms with Crippen LogP contribution in [0.3, 0.4) is 0 Å². The van der Waals surface area contributed by atoms with Crippen molar-refractivity contribution in [1.29, 1.82) is 0 Å². The minimum Gasteiger partial charge on any atom is -0.347 e. The average molecular weight is 294 g/mol. The lowest BCUT2D eigenvalue weighted by Gasteiger charge is -2.31. The van der Waals surface area contributed by atoms with Gasteiger partial charge in [0.25, 0.3) is 0 Å². The quantitative estimate of drug-likeness (QED) is 0.692. The lowest BCUT2D eigenvalue weighted by atomic mass is 9.94. The van der Waals surface area contributed by atoms with Gasteiger partial charge in [0.05, 0.1) is 6.61 Å². The predicted octanol–water partition coefficient (Wildman–Crippen LogP) is 3.01. The Bertz CT molecular complexity index is 197. The highest BCUT2D eigenvalue weighted by molar-refractivity contribution is 14.1. The van der Waals surface area contributed by atoms with Crippen LogP contribution in [-0.2, 0) is 9.47 Å². The van der Waals surface area contributed by atoms with Crippen LogP contribution in [0, 0.1) is 0 Å². The van der Waals surface area contributed by atoms with Crippen LogP contribution in [0.2, 0.25) is 0 Å². The van der Waals surface area contributed by atoms with Gasteiger partial charge in [-0.05, 0) is 23.0 Å². The van der Waals surface area contributed by atoms with Crippen molar-refractivity contribution in [1.82, 2.24) is 0 Å². The fourth-order valence-electron chi connectivity index (χ4n) is 2.11. The van der Waals surface area contributed by atoms with E-state index in [2.05, 4.69) is 28.7 Å². The van der Waals surface area contributed by atoms with Crippen LogP contribution < -0.4 is 0 Å². The van der Waals surface area contributed by atoms with E-state index in [0.717, 1.165) is 19.4 Å². The van der Waals surface area contributed by atoms with E-state index in [1.807, 2.05) is 4.08 Å². The van der Waals surface area contributed by atoms with Gasteiger partial charge in [-0.1, -0.05) is 29.0 Å². The highest BCUT2D eigenvalue weighted by atomic mass is 127. The molecule has 13 heavy (non-hydrogen) atoms. The molecule has 1 aliphatic heterocycles. The molecule has 0 bridgehead atoms. The van der Waals surface area contributed by atoms with Gasteiger partial charge in [-0.2, -0.15) is 0 Å². The van der Waals surface area contributed by atoms with Crippen molar-refractivity contribution in [3.63, 3.8) is 0 Å². The summed E-state index contributed by atoms with van der Waals surface area (Å²) in [6, 6.07) is 0. The molecule has 0 N–H and O–H groups in total. The zero-order chi connectivity index (χ0) is 9.15. The fraction of sp³-hybridized carbons (Fsp3) is 0.800. The Kier molecular flexibility index (Phi) is 3.26. The minimum absolute atomic E-state index is 0.190. The summed E-state index contributed by atoms with van der Waals surface area (Å²) in [7, 11) is 0. The normalized spacial score (nSPS) is 33.2. The summed E-state index contributed by atoms with van der Waals surface area (Å²) in [5, 5.41) is 0. The summed E-state index contributed by atoms with van der Waals surface area (Å²) in [5.41, 5.74) is 0. The second kappa shape index (κ2) is 4.28. The molecule has 1 saturated heterocycles. The van der Waals surface area contributed by atoms with Gasteiger partial charge >= 0.3 is 0 Å². The lowest BCUT2D eigenvalue weighted by Crippen LogP contribution is -2.33. The maximum atomic E-state index is 5.92. The van der Waals surface area contributed by atoms with Crippen LogP contribution in [0.1, 0.15) is 32.1 Å². The van der Waals surface area contributed by atoms with Crippen molar-refractivity contribution in [2.24, 2.45) is 0 Å². The highest BCUT2D eigenvalue weighted by Gasteiger charge is 2.41. The Morgan fingerprint density at radius 3 is 2.69 bits per heavy atom. The maximum absolute atomic E-state index is 5.92. The van der Waals surface area contributed by atoms with E-state index in [9.17, 15) is 0 Å². The molecule has 0 unspecified atom stereocenters. The summed E-state index contributed by atoms with van der Waals surface area (Å²) >= 11 is 2.22. The van der Waals surface area contributed by atoms with Crippen molar-refractivity contribution in [2.45, 2.75) is 44.0 Å². The van der Waals surface area contributed by atoms with E-state index in [0.29, 0.717) is 0 Å². The van der Waals surface area contributed by atoms with E-state index in [1.54, 1.807) is 0 Å². The molecule has 0 amide bonds. The van der Waals surface area contributed by atoms with E-state index < -0.39 is 0 Å². The van der Waals surface area contributed by atoms with Crippen LogP contribution in [0.5, 0.6) is 0 Å². The van der Waals surface area contributed by atoms with Gasteiger partial charge in [0.2, 0.25) is 0 Å². The summed E-state index contributed by atoms with van der Waals surface area (Å²) in [6.07, 6.45) is 8.26. The molecule has 1 aliphatic carbocycles. The van der Waals surface area contributed by atoms with Gasteiger partial charge in [-0.3, -0.25) is 0 Å². The molecule has 0 aromatic heterocycles. The number of hydrogen-bond acceptors (Lipinski definition) is 2. The molecule has 1 atom stereocenters. The van der Waals surface area contributed by atoms with E-state index in [4.69, 9.17) is 9.47 Å². The molecule has 1 heterocycles. The predicted molar refractivity (Wildman–Crippen MR) is 59.8 cm³/mol. The second-order valence-corrected chi connectivity index (χ2v) is 4.48. The second-order valence-electron chi connectivity index (χ2n) is 3.76. The van der Waals surface area contributed by atoms with Gasteiger partial charge in [0.1, 0.15) is 6.10 Å². The van der Waals surface area contributed by atoms with Crippen molar-refractivity contribution in [3.05, 3.63) is 10.2 Å². The molecule has 2 nitrogen and oxygen atoms in total. The fourth-order valence-corrected chi connectivity index (χ4v) is 2.57. The largest absolute Gasteiger partial charge is 0.347 e. The number of halogens is 1. The Hall–Kier alpha value is 0.390. The van der Waals surface area contributed by atoms with Gasteiger partial charge in [0.15, 0.2) is 5.79 Å². The van der Waals surface area contributed by atoms with E-state index >= 15 is 0 Å². The summed E-state index contributed by atoms with van der Waals surface area (Å²) in [6.45, 7) is 0.736. The summed E-state index contributed by atoms with van der Waals surface area (Å²) < 4.78 is 13.7. The molecular weight excluding hydrogens is 279 g/mol. The first kappa shape index (κ1) is 9.93. The van der Waals surface area contributed by atoms with E-state index in [1.165, 1.54) is 19.3 Å².